The zero-order chi connectivity index (χ0) is 9.47. The summed E-state index contributed by atoms with van der Waals surface area (Å²) >= 11 is 0. The molecule has 2 fully saturated rings. The molecule has 2 aliphatic rings. The maximum Gasteiger partial charge on any atom is 0.0844 e. The molecule has 3 unspecified atom stereocenters. The minimum absolute atomic E-state index is 0.268. The zero-order valence-electron chi connectivity index (χ0n) is 9.08. The van der Waals surface area contributed by atoms with Gasteiger partial charge in [-0.2, -0.15) is 0 Å². The third-order valence-electron chi connectivity index (χ3n) is 3.25. The van der Waals surface area contributed by atoms with E-state index in [2.05, 4.69) is 18.8 Å². The summed E-state index contributed by atoms with van der Waals surface area (Å²) in [7, 11) is -0.268. The summed E-state index contributed by atoms with van der Waals surface area (Å²) in [5.74, 6) is 2.44. The minimum atomic E-state index is -0.268. The molecule has 0 amide bonds. The molecular weight excluding hydrogens is 180 g/mol. The van der Waals surface area contributed by atoms with Crippen molar-refractivity contribution in [2.24, 2.45) is 5.92 Å². The van der Waals surface area contributed by atoms with E-state index in [1.807, 2.05) is 0 Å². The van der Waals surface area contributed by atoms with Crippen molar-refractivity contribution in [1.82, 2.24) is 0 Å². The summed E-state index contributed by atoms with van der Waals surface area (Å²) in [5.41, 5.74) is 0. The summed E-state index contributed by atoms with van der Waals surface area (Å²) in [6.45, 7) is 0. The topological polar surface area (TPSA) is 12.5 Å². The molecule has 0 spiro atoms. The van der Waals surface area contributed by atoms with Gasteiger partial charge in [0.2, 0.25) is 0 Å². The average molecular weight is 202 g/mol. The lowest BCUT2D eigenvalue weighted by Crippen LogP contribution is -2.15. The fourth-order valence-corrected chi connectivity index (χ4v) is 3.31. The molecule has 1 nitrogen and oxygen atoms in total. The number of hydrogen-bond acceptors (Lipinski definition) is 1. The largest absolute Gasteiger partial charge is 0.370 e. The molecule has 0 N–H and O–H groups in total. The summed E-state index contributed by atoms with van der Waals surface area (Å²) < 4.78 is 5.55. The monoisotopic (exact) mass is 202 g/mol. The molecule has 13 heavy (non-hydrogen) atoms. The predicted molar refractivity (Wildman–Crippen MR) is 60.8 cm³/mol. The molecule has 0 bridgehead atoms. The number of epoxide rings is 1. The van der Waals surface area contributed by atoms with Crippen LogP contribution in [0.1, 0.15) is 25.7 Å². The van der Waals surface area contributed by atoms with Gasteiger partial charge < -0.3 is 4.74 Å². The number of hydrogen-bond donors (Lipinski definition) is 0. The van der Waals surface area contributed by atoms with Gasteiger partial charge in [-0.15, -0.1) is 0 Å². The van der Waals surface area contributed by atoms with Crippen molar-refractivity contribution in [3.8, 4) is 0 Å². The van der Waals surface area contributed by atoms with E-state index in [0.29, 0.717) is 12.2 Å². The number of fused-ring (bicyclic) bond motifs is 1. The Bertz CT molecular complexity index is 185. The van der Waals surface area contributed by atoms with E-state index < -0.39 is 0 Å². The van der Waals surface area contributed by atoms with Crippen LogP contribution in [-0.4, -0.2) is 36.7 Å². The molecular formula is C11H22OS. The quantitative estimate of drug-likeness (QED) is 0.641. The summed E-state index contributed by atoms with van der Waals surface area (Å²) in [6, 6.07) is 0. The second-order valence-electron chi connectivity index (χ2n) is 5.48. The second-order valence-corrected chi connectivity index (χ2v) is 10.1. The average Bonchev–Trinajstić information content (AvgIpc) is 2.76. The smallest absolute Gasteiger partial charge is 0.0844 e. The first kappa shape index (κ1) is 9.85. The van der Waals surface area contributed by atoms with E-state index in [-0.39, 0.29) is 10.0 Å². The van der Waals surface area contributed by atoms with Gasteiger partial charge in [0.25, 0.3) is 0 Å². The summed E-state index contributed by atoms with van der Waals surface area (Å²) in [4.78, 5) is 0. The lowest BCUT2D eigenvalue weighted by molar-refractivity contribution is 0.358. The van der Waals surface area contributed by atoms with Crippen LogP contribution < -0.4 is 0 Å². The molecule has 0 aromatic rings. The standard InChI is InChI=1S/C11H22OS/c1-13(2,3)7-6-9-4-5-10-11(8-9)12-10/h9-11H,4-8H2,1-3H3. The first-order valence-corrected chi connectivity index (χ1v) is 8.39. The third-order valence-corrected chi connectivity index (χ3v) is 4.71. The van der Waals surface area contributed by atoms with Gasteiger partial charge in [0.05, 0.1) is 12.2 Å². The Balaban J connectivity index is 1.70. The highest BCUT2D eigenvalue weighted by Crippen LogP contribution is 2.43. The highest BCUT2D eigenvalue weighted by Gasteiger charge is 2.43. The lowest BCUT2D eigenvalue weighted by atomic mass is 9.88. The van der Waals surface area contributed by atoms with Gasteiger partial charge in [-0.1, -0.05) is 0 Å². The van der Waals surface area contributed by atoms with E-state index in [1.165, 1.54) is 31.4 Å². The molecule has 3 atom stereocenters. The molecule has 1 heterocycles. The minimum Gasteiger partial charge on any atom is -0.370 e. The van der Waals surface area contributed by atoms with Gasteiger partial charge in [0.1, 0.15) is 0 Å². The lowest BCUT2D eigenvalue weighted by Gasteiger charge is -2.28. The predicted octanol–water partition coefficient (Wildman–Crippen LogP) is 2.64. The molecule has 1 saturated heterocycles. The van der Waals surface area contributed by atoms with Crippen molar-refractivity contribution in [1.29, 1.82) is 0 Å². The van der Waals surface area contributed by atoms with Crippen LogP contribution in [0, 0.1) is 5.92 Å². The molecule has 2 rings (SSSR count). The Morgan fingerprint density at radius 3 is 2.54 bits per heavy atom. The normalized spacial score (nSPS) is 39.8. The van der Waals surface area contributed by atoms with Crippen LogP contribution in [0.25, 0.3) is 0 Å². The molecule has 0 aromatic heterocycles. The first-order chi connectivity index (χ1) is 6.04. The van der Waals surface area contributed by atoms with E-state index in [9.17, 15) is 0 Å². The van der Waals surface area contributed by atoms with E-state index in [1.54, 1.807) is 0 Å². The van der Waals surface area contributed by atoms with Gasteiger partial charge >= 0.3 is 0 Å². The van der Waals surface area contributed by atoms with Crippen LogP contribution in [0.5, 0.6) is 0 Å². The van der Waals surface area contributed by atoms with Gasteiger partial charge in [-0.3, -0.25) is 0 Å². The third kappa shape index (κ3) is 2.88. The van der Waals surface area contributed by atoms with E-state index >= 15 is 0 Å². The van der Waals surface area contributed by atoms with Crippen LogP contribution >= 0.6 is 10.0 Å². The Morgan fingerprint density at radius 2 is 1.92 bits per heavy atom. The number of ether oxygens (including phenoxy) is 1. The van der Waals surface area contributed by atoms with Crippen LogP contribution in [0.15, 0.2) is 0 Å². The highest BCUT2D eigenvalue weighted by molar-refractivity contribution is 8.32. The van der Waals surface area contributed by atoms with E-state index in [0.717, 1.165) is 5.92 Å². The first-order valence-electron chi connectivity index (χ1n) is 5.36. The molecule has 0 aromatic carbocycles. The molecule has 1 saturated carbocycles. The SMILES string of the molecule is CS(C)(C)CCC1CCC2OC2C1. The Morgan fingerprint density at radius 1 is 1.15 bits per heavy atom. The van der Waals surface area contributed by atoms with Gasteiger partial charge in [0.15, 0.2) is 0 Å². The van der Waals surface area contributed by atoms with Gasteiger partial charge in [-0.25, -0.2) is 10.0 Å². The van der Waals surface area contributed by atoms with Gasteiger partial charge in [0, 0.05) is 0 Å². The van der Waals surface area contributed by atoms with Crippen molar-refractivity contribution >= 4 is 10.0 Å². The molecule has 0 radical (unpaired) electrons. The highest BCUT2D eigenvalue weighted by atomic mass is 32.3. The maximum atomic E-state index is 5.55. The summed E-state index contributed by atoms with van der Waals surface area (Å²) in [6.07, 6.45) is 14.2. The van der Waals surface area contributed by atoms with Crippen LogP contribution in [0.2, 0.25) is 0 Å². The van der Waals surface area contributed by atoms with Gasteiger partial charge in [-0.05, 0) is 56.1 Å². The van der Waals surface area contributed by atoms with Crippen LogP contribution in [0.4, 0.5) is 0 Å². The van der Waals surface area contributed by atoms with Crippen molar-refractivity contribution in [2.45, 2.75) is 37.9 Å². The molecule has 2 heteroatoms. The zero-order valence-corrected chi connectivity index (χ0v) is 9.90. The number of rotatable bonds is 3. The van der Waals surface area contributed by atoms with Crippen molar-refractivity contribution in [3.63, 3.8) is 0 Å². The fourth-order valence-electron chi connectivity index (χ4n) is 2.27. The summed E-state index contributed by atoms with van der Waals surface area (Å²) in [5, 5.41) is 0. The maximum absolute atomic E-state index is 5.55. The van der Waals surface area contributed by atoms with Crippen molar-refractivity contribution in [3.05, 3.63) is 0 Å². The van der Waals surface area contributed by atoms with Crippen molar-refractivity contribution in [2.75, 3.05) is 24.5 Å². The molecule has 1 aliphatic heterocycles. The Labute approximate surface area is 83.5 Å². The second kappa shape index (κ2) is 3.47. The van der Waals surface area contributed by atoms with Crippen LogP contribution in [-0.2, 0) is 4.74 Å². The molecule has 1 aliphatic carbocycles. The van der Waals surface area contributed by atoms with E-state index in [4.69, 9.17) is 4.74 Å². The molecule has 78 valence electrons. The van der Waals surface area contributed by atoms with Crippen molar-refractivity contribution < 1.29 is 4.74 Å². The van der Waals surface area contributed by atoms with Crippen LogP contribution in [0.3, 0.4) is 0 Å². The fraction of sp³-hybridized carbons (Fsp3) is 1.00. The Hall–Kier alpha value is 0.310. The Kier molecular flexibility index (Phi) is 2.63.